The fraction of sp³-hybridized carbons (Fsp3) is 0.857. The Morgan fingerprint density at radius 2 is 2.00 bits per heavy atom. The van der Waals surface area contributed by atoms with Gasteiger partial charge in [0.15, 0.2) is 0 Å². The third-order valence-corrected chi connectivity index (χ3v) is 2.51. The minimum Gasteiger partial charge on any atom is -0.352 e. The highest BCUT2D eigenvalue weighted by Gasteiger charge is 2.57. The lowest BCUT2D eigenvalue weighted by Crippen LogP contribution is -2.52. The summed E-state index contributed by atoms with van der Waals surface area (Å²) in [6, 6.07) is -0.907. The molecule has 1 aliphatic rings. The fourth-order valence-corrected chi connectivity index (χ4v) is 1.42. The maximum absolute atomic E-state index is 12.4. The van der Waals surface area contributed by atoms with Gasteiger partial charge in [0.05, 0.1) is 5.41 Å². The van der Waals surface area contributed by atoms with E-state index in [-0.39, 0.29) is 12.8 Å². The molecule has 2 amide bonds. The van der Waals surface area contributed by atoms with Crippen LogP contribution in [0, 0.1) is 5.41 Å². The molecule has 0 bridgehead atoms. The number of urea groups is 1. The van der Waals surface area contributed by atoms with Crippen LogP contribution in [0.25, 0.3) is 0 Å². The Kier molecular flexibility index (Phi) is 2.40. The molecule has 0 heterocycles. The van der Waals surface area contributed by atoms with Crippen molar-refractivity contribution in [3.05, 3.63) is 0 Å². The second kappa shape index (κ2) is 3.08. The summed E-state index contributed by atoms with van der Waals surface area (Å²) in [4.78, 5) is 10.3. The number of nitrogens with two attached hydrogens (primary N) is 1. The molecule has 13 heavy (non-hydrogen) atoms. The maximum atomic E-state index is 12.4. The SMILES string of the molecule is NC(=O)NCC1(C(F)(F)F)CCC1. The number of amides is 2. The van der Waals surface area contributed by atoms with E-state index < -0.39 is 24.2 Å². The van der Waals surface area contributed by atoms with Crippen LogP contribution in [0.4, 0.5) is 18.0 Å². The topological polar surface area (TPSA) is 55.1 Å². The highest BCUT2D eigenvalue weighted by molar-refractivity contribution is 5.71. The number of hydrogen-bond donors (Lipinski definition) is 2. The molecular weight excluding hydrogens is 185 g/mol. The summed E-state index contributed by atoms with van der Waals surface area (Å²) in [7, 11) is 0. The smallest absolute Gasteiger partial charge is 0.352 e. The fourth-order valence-electron chi connectivity index (χ4n) is 1.42. The van der Waals surface area contributed by atoms with Gasteiger partial charge in [-0.25, -0.2) is 4.79 Å². The number of carbonyl (C=O) groups excluding carboxylic acids is 1. The predicted molar refractivity (Wildman–Crippen MR) is 39.9 cm³/mol. The van der Waals surface area contributed by atoms with E-state index >= 15 is 0 Å². The Morgan fingerprint density at radius 3 is 2.23 bits per heavy atom. The highest BCUT2D eigenvalue weighted by atomic mass is 19.4. The predicted octanol–water partition coefficient (Wildman–Crippen LogP) is 1.39. The van der Waals surface area contributed by atoms with Crippen LogP contribution in [0.3, 0.4) is 0 Å². The van der Waals surface area contributed by atoms with Crippen molar-refractivity contribution in [2.24, 2.45) is 11.1 Å². The molecule has 0 aromatic rings. The zero-order valence-electron chi connectivity index (χ0n) is 6.95. The van der Waals surface area contributed by atoms with Gasteiger partial charge in [0.2, 0.25) is 0 Å². The number of hydrogen-bond acceptors (Lipinski definition) is 1. The van der Waals surface area contributed by atoms with Crippen molar-refractivity contribution in [2.75, 3.05) is 6.54 Å². The molecule has 0 saturated heterocycles. The first-order valence-corrected chi connectivity index (χ1v) is 3.97. The molecule has 1 fully saturated rings. The molecule has 0 aromatic heterocycles. The molecule has 76 valence electrons. The molecule has 1 saturated carbocycles. The van der Waals surface area contributed by atoms with Gasteiger partial charge in [-0.05, 0) is 12.8 Å². The molecular formula is C7H11F3N2O. The van der Waals surface area contributed by atoms with Crippen molar-refractivity contribution >= 4 is 6.03 Å². The van der Waals surface area contributed by atoms with Crippen LogP contribution in [-0.2, 0) is 0 Å². The number of primary amides is 1. The van der Waals surface area contributed by atoms with Crippen molar-refractivity contribution < 1.29 is 18.0 Å². The van der Waals surface area contributed by atoms with Crippen molar-refractivity contribution in [2.45, 2.75) is 25.4 Å². The first kappa shape index (κ1) is 10.1. The average Bonchev–Trinajstić information content (AvgIpc) is 1.80. The number of halogens is 3. The van der Waals surface area contributed by atoms with Crippen LogP contribution in [-0.4, -0.2) is 18.8 Å². The van der Waals surface area contributed by atoms with E-state index in [0.29, 0.717) is 6.42 Å². The number of nitrogens with one attached hydrogen (secondary N) is 1. The average molecular weight is 196 g/mol. The van der Waals surface area contributed by atoms with Gasteiger partial charge < -0.3 is 11.1 Å². The zero-order valence-corrected chi connectivity index (χ0v) is 6.95. The number of rotatable bonds is 2. The van der Waals surface area contributed by atoms with Crippen LogP contribution < -0.4 is 11.1 Å². The van der Waals surface area contributed by atoms with Crippen LogP contribution in [0.5, 0.6) is 0 Å². The van der Waals surface area contributed by atoms with Gasteiger partial charge >= 0.3 is 12.2 Å². The molecule has 1 rings (SSSR count). The van der Waals surface area contributed by atoms with E-state index in [0.717, 1.165) is 0 Å². The van der Waals surface area contributed by atoms with Crippen LogP contribution >= 0.6 is 0 Å². The lowest BCUT2D eigenvalue weighted by molar-refractivity contribution is -0.247. The summed E-state index contributed by atoms with van der Waals surface area (Å²) >= 11 is 0. The third-order valence-electron chi connectivity index (χ3n) is 2.51. The Bertz CT molecular complexity index is 210. The van der Waals surface area contributed by atoms with Gasteiger partial charge in [0.1, 0.15) is 0 Å². The van der Waals surface area contributed by atoms with Gasteiger partial charge in [-0.15, -0.1) is 0 Å². The minimum absolute atomic E-state index is 0.0801. The lowest BCUT2D eigenvalue weighted by atomic mass is 9.68. The van der Waals surface area contributed by atoms with E-state index in [1.54, 1.807) is 0 Å². The highest BCUT2D eigenvalue weighted by Crippen LogP contribution is 2.52. The summed E-state index contributed by atoms with van der Waals surface area (Å²) in [5, 5.41) is 2.01. The number of carbonyl (C=O) groups is 1. The summed E-state index contributed by atoms with van der Waals surface area (Å²) in [5.41, 5.74) is 2.98. The molecule has 0 spiro atoms. The first-order chi connectivity index (χ1) is 5.87. The first-order valence-electron chi connectivity index (χ1n) is 3.97. The van der Waals surface area contributed by atoms with Gasteiger partial charge in [-0.1, -0.05) is 6.42 Å². The van der Waals surface area contributed by atoms with Gasteiger partial charge in [-0.3, -0.25) is 0 Å². The normalized spacial score (nSPS) is 20.5. The standard InChI is InChI=1S/C7H11F3N2O/c8-7(9,10)6(2-1-3-6)4-12-5(11)13/h1-4H2,(H3,11,12,13). The van der Waals surface area contributed by atoms with Crippen LogP contribution in [0.15, 0.2) is 0 Å². The van der Waals surface area contributed by atoms with Gasteiger partial charge in [-0.2, -0.15) is 13.2 Å². The molecule has 0 aromatic carbocycles. The molecule has 0 unspecified atom stereocenters. The summed E-state index contributed by atoms with van der Waals surface area (Å²) < 4.78 is 37.2. The number of alkyl halides is 3. The molecule has 0 aliphatic heterocycles. The van der Waals surface area contributed by atoms with Crippen molar-refractivity contribution in [1.29, 1.82) is 0 Å². The van der Waals surface area contributed by atoms with Crippen LogP contribution in [0.1, 0.15) is 19.3 Å². The van der Waals surface area contributed by atoms with Crippen molar-refractivity contribution in [1.82, 2.24) is 5.32 Å². The van der Waals surface area contributed by atoms with Crippen LogP contribution in [0.2, 0.25) is 0 Å². The Hall–Kier alpha value is -0.940. The lowest BCUT2D eigenvalue weighted by Gasteiger charge is -2.42. The van der Waals surface area contributed by atoms with Gasteiger partial charge in [0, 0.05) is 6.54 Å². The summed E-state index contributed by atoms with van der Waals surface area (Å²) in [6.07, 6.45) is -3.53. The van der Waals surface area contributed by atoms with E-state index in [9.17, 15) is 18.0 Å². The molecule has 1 aliphatic carbocycles. The molecule has 0 radical (unpaired) electrons. The monoisotopic (exact) mass is 196 g/mol. The Balaban J connectivity index is 2.55. The molecule has 3 N–H and O–H groups in total. The van der Waals surface area contributed by atoms with Gasteiger partial charge in [0.25, 0.3) is 0 Å². The summed E-state index contributed by atoms with van der Waals surface area (Å²) in [6.45, 7) is -0.397. The largest absolute Gasteiger partial charge is 0.396 e. The van der Waals surface area contributed by atoms with E-state index in [1.165, 1.54) is 0 Å². The molecule has 0 atom stereocenters. The van der Waals surface area contributed by atoms with Crippen molar-refractivity contribution in [3.8, 4) is 0 Å². The van der Waals surface area contributed by atoms with E-state index in [1.807, 2.05) is 5.32 Å². The summed E-state index contributed by atoms with van der Waals surface area (Å²) in [5.74, 6) is 0. The maximum Gasteiger partial charge on any atom is 0.396 e. The van der Waals surface area contributed by atoms with Crippen molar-refractivity contribution in [3.63, 3.8) is 0 Å². The molecule has 3 nitrogen and oxygen atoms in total. The second-order valence-electron chi connectivity index (χ2n) is 3.35. The quantitative estimate of drug-likeness (QED) is 0.688. The third kappa shape index (κ3) is 1.87. The zero-order chi connectivity index (χ0) is 10.1. The Labute approximate surface area is 73.5 Å². The van der Waals surface area contributed by atoms with E-state index in [4.69, 9.17) is 5.73 Å². The Morgan fingerprint density at radius 1 is 1.46 bits per heavy atom. The minimum atomic E-state index is -4.24. The van der Waals surface area contributed by atoms with E-state index in [2.05, 4.69) is 0 Å². The second-order valence-corrected chi connectivity index (χ2v) is 3.35. The molecule has 6 heteroatoms.